The van der Waals surface area contributed by atoms with Gasteiger partial charge in [0.1, 0.15) is 5.41 Å². The summed E-state index contributed by atoms with van der Waals surface area (Å²) in [5, 5.41) is 2.79. The zero-order valence-electron chi connectivity index (χ0n) is 16.1. The molecule has 0 saturated carbocycles. The molecule has 1 aliphatic heterocycles. The Balaban J connectivity index is 1.97. The summed E-state index contributed by atoms with van der Waals surface area (Å²) in [4.78, 5) is 13.3. The molecule has 3 nitrogen and oxygen atoms in total. The zero-order valence-corrected chi connectivity index (χ0v) is 18.4. The summed E-state index contributed by atoms with van der Waals surface area (Å²) in [7, 11) is 0. The molecule has 1 saturated heterocycles. The second-order valence-corrected chi connectivity index (χ2v) is 8.46. The van der Waals surface area contributed by atoms with E-state index in [0.29, 0.717) is 12.1 Å². The number of amides is 1. The summed E-state index contributed by atoms with van der Waals surface area (Å²) < 4.78 is 43.1. The molecule has 3 rings (SSSR count). The molecule has 0 aromatic heterocycles. The maximum absolute atomic E-state index is 14.4. The molecule has 1 amide bonds. The lowest BCUT2D eigenvalue weighted by Gasteiger charge is -2.33. The molecule has 9 heteroatoms. The minimum absolute atomic E-state index is 0.00586. The van der Waals surface area contributed by atoms with E-state index < -0.39 is 11.6 Å². The molecule has 0 radical (unpaired) electrons. The van der Waals surface area contributed by atoms with Crippen molar-refractivity contribution in [1.29, 1.82) is 0 Å². The van der Waals surface area contributed by atoms with E-state index in [-0.39, 0.29) is 52.6 Å². The molecule has 2 aromatic carbocycles. The number of carbonyl (C=O) groups excluding carboxylic acids is 1. The van der Waals surface area contributed by atoms with Crippen molar-refractivity contribution < 1.29 is 18.0 Å². The van der Waals surface area contributed by atoms with Crippen molar-refractivity contribution >= 4 is 46.4 Å². The quantitative estimate of drug-likeness (QED) is 0.504. The van der Waals surface area contributed by atoms with E-state index >= 15 is 0 Å². The van der Waals surface area contributed by atoms with E-state index in [1.807, 2.05) is 0 Å². The Labute approximate surface area is 188 Å². The number of hydrogen-bond donors (Lipinski definition) is 1. The largest absolute Gasteiger partial charge is 0.400 e. The van der Waals surface area contributed by atoms with Gasteiger partial charge in [0.25, 0.3) is 0 Å². The average Bonchev–Trinajstić information content (AvgIpc) is 3.16. The first kappa shape index (κ1) is 23.0. The predicted molar refractivity (Wildman–Crippen MR) is 115 cm³/mol. The van der Waals surface area contributed by atoms with Gasteiger partial charge in [-0.15, -0.1) is 0 Å². The smallest absolute Gasteiger partial charge is 0.370 e. The van der Waals surface area contributed by atoms with Gasteiger partial charge >= 0.3 is 6.18 Å². The Hall–Kier alpha value is -1.63. The van der Waals surface area contributed by atoms with Crippen molar-refractivity contribution in [2.24, 2.45) is 0 Å². The highest BCUT2D eigenvalue weighted by Gasteiger charge is 2.59. The van der Waals surface area contributed by atoms with Crippen molar-refractivity contribution in [3.63, 3.8) is 0 Å². The van der Waals surface area contributed by atoms with Gasteiger partial charge in [-0.2, -0.15) is 13.2 Å². The van der Waals surface area contributed by atoms with Crippen molar-refractivity contribution in [3.05, 3.63) is 62.6 Å². The molecule has 162 valence electrons. The third kappa shape index (κ3) is 4.36. The van der Waals surface area contributed by atoms with E-state index in [1.165, 1.54) is 12.1 Å². The van der Waals surface area contributed by atoms with Crippen LogP contribution in [0.2, 0.25) is 15.1 Å². The third-order valence-corrected chi connectivity index (χ3v) is 6.67. The Morgan fingerprint density at radius 3 is 2.40 bits per heavy atom. The van der Waals surface area contributed by atoms with E-state index in [9.17, 15) is 18.0 Å². The van der Waals surface area contributed by atoms with E-state index in [2.05, 4.69) is 5.32 Å². The normalized spacial score (nSPS) is 19.2. The molecular weight excluding hydrogens is 460 g/mol. The van der Waals surface area contributed by atoms with Gasteiger partial charge < -0.3 is 10.2 Å². The van der Waals surface area contributed by atoms with Crippen LogP contribution in [0.4, 0.5) is 18.9 Å². The lowest BCUT2D eigenvalue weighted by Crippen LogP contribution is -2.45. The van der Waals surface area contributed by atoms with Crippen LogP contribution in [0.15, 0.2) is 36.4 Å². The number of hydrogen-bond acceptors (Lipinski definition) is 2. The molecule has 1 fully saturated rings. The van der Waals surface area contributed by atoms with Gasteiger partial charge in [0, 0.05) is 31.7 Å². The standard InChI is InChI=1S/C21H20Cl3F3N2O/c1-2-18(30)28-11-13-5-3-4-6-17(13)29-8-7-20(12-29,21(25,26)27)14-9-15(22)19(24)16(23)10-14/h3-6,9-10H,2,7-8,11-12H2,1H3,(H,28,30). The molecule has 0 bridgehead atoms. The van der Waals surface area contributed by atoms with Crippen LogP contribution in [0.1, 0.15) is 30.9 Å². The van der Waals surface area contributed by atoms with Gasteiger partial charge in [-0.1, -0.05) is 59.9 Å². The molecule has 0 aliphatic carbocycles. The number of anilines is 1. The van der Waals surface area contributed by atoms with Crippen LogP contribution in [0.5, 0.6) is 0 Å². The van der Waals surface area contributed by atoms with Crippen molar-refractivity contribution in [2.75, 3.05) is 18.0 Å². The minimum Gasteiger partial charge on any atom is -0.370 e. The van der Waals surface area contributed by atoms with Crippen molar-refractivity contribution in [1.82, 2.24) is 5.32 Å². The Bertz CT molecular complexity index is 928. The van der Waals surface area contributed by atoms with E-state index in [1.54, 1.807) is 36.1 Å². The second-order valence-electron chi connectivity index (χ2n) is 7.26. The van der Waals surface area contributed by atoms with Crippen LogP contribution >= 0.6 is 34.8 Å². The lowest BCUT2D eigenvalue weighted by atomic mass is 9.79. The zero-order chi connectivity index (χ0) is 22.1. The lowest BCUT2D eigenvalue weighted by molar-refractivity contribution is -0.184. The van der Waals surface area contributed by atoms with Crippen LogP contribution in [-0.2, 0) is 16.8 Å². The van der Waals surface area contributed by atoms with Crippen molar-refractivity contribution in [3.8, 4) is 0 Å². The molecule has 1 aliphatic rings. The Morgan fingerprint density at radius 2 is 1.80 bits per heavy atom. The molecule has 1 heterocycles. The highest BCUT2D eigenvalue weighted by molar-refractivity contribution is 6.48. The van der Waals surface area contributed by atoms with Gasteiger partial charge in [-0.3, -0.25) is 4.79 Å². The number of carbonyl (C=O) groups is 1. The molecule has 0 spiro atoms. The van der Waals surface area contributed by atoms with Crippen LogP contribution in [0.25, 0.3) is 0 Å². The molecule has 1 unspecified atom stereocenters. The monoisotopic (exact) mass is 478 g/mol. The summed E-state index contributed by atoms with van der Waals surface area (Å²) in [6.45, 7) is 1.89. The first-order chi connectivity index (χ1) is 14.1. The fourth-order valence-electron chi connectivity index (χ4n) is 3.77. The number of nitrogens with one attached hydrogen (secondary N) is 1. The van der Waals surface area contributed by atoms with Gasteiger partial charge in [0.05, 0.1) is 15.1 Å². The SMILES string of the molecule is CCC(=O)NCc1ccccc1N1CCC(c2cc(Cl)c(Cl)c(Cl)c2)(C(F)(F)F)C1. The second kappa shape index (κ2) is 8.85. The fraction of sp³-hybridized carbons (Fsp3) is 0.381. The maximum atomic E-state index is 14.4. The highest BCUT2D eigenvalue weighted by atomic mass is 35.5. The first-order valence-electron chi connectivity index (χ1n) is 9.40. The predicted octanol–water partition coefficient (Wildman–Crippen LogP) is 6.38. The molecule has 2 aromatic rings. The van der Waals surface area contributed by atoms with Gasteiger partial charge in [-0.25, -0.2) is 0 Å². The Morgan fingerprint density at radius 1 is 1.17 bits per heavy atom. The summed E-state index contributed by atoms with van der Waals surface area (Å²) in [5.41, 5.74) is -0.728. The summed E-state index contributed by atoms with van der Waals surface area (Å²) in [6, 6.07) is 9.63. The maximum Gasteiger partial charge on any atom is 0.400 e. The number of rotatable bonds is 5. The average molecular weight is 480 g/mol. The van der Waals surface area contributed by atoms with Gasteiger partial charge in [0.2, 0.25) is 5.91 Å². The number of nitrogens with zero attached hydrogens (tertiary/aromatic N) is 1. The number of para-hydroxylation sites is 1. The highest BCUT2D eigenvalue weighted by Crippen LogP contribution is 2.50. The molecule has 1 N–H and O–H groups in total. The number of halogens is 6. The summed E-state index contributed by atoms with van der Waals surface area (Å²) in [6.07, 6.45) is -4.34. The van der Waals surface area contributed by atoms with Crippen LogP contribution in [0, 0.1) is 0 Å². The van der Waals surface area contributed by atoms with Crippen LogP contribution in [-0.4, -0.2) is 25.2 Å². The minimum atomic E-state index is -4.52. The van der Waals surface area contributed by atoms with Crippen LogP contribution in [0.3, 0.4) is 0 Å². The third-order valence-electron chi connectivity index (χ3n) is 5.48. The summed E-state index contributed by atoms with van der Waals surface area (Å²) >= 11 is 18.0. The number of alkyl halides is 3. The van der Waals surface area contributed by atoms with Crippen LogP contribution < -0.4 is 10.2 Å². The van der Waals surface area contributed by atoms with E-state index in [4.69, 9.17) is 34.8 Å². The van der Waals surface area contributed by atoms with Gasteiger partial charge in [0.15, 0.2) is 0 Å². The Kier molecular flexibility index (Phi) is 6.80. The molecule has 30 heavy (non-hydrogen) atoms. The van der Waals surface area contributed by atoms with Crippen molar-refractivity contribution in [2.45, 2.75) is 37.9 Å². The fourth-order valence-corrected chi connectivity index (χ4v) is 4.36. The number of benzene rings is 2. The summed E-state index contributed by atoms with van der Waals surface area (Å²) in [5.74, 6) is -0.124. The van der Waals surface area contributed by atoms with Gasteiger partial charge in [-0.05, 0) is 35.7 Å². The topological polar surface area (TPSA) is 32.3 Å². The molecule has 1 atom stereocenters. The first-order valence-corrected chi connectivity index (χ1v) is 10.5. The van der Waals surface area contributed by atoms with E-state index in [0.717, 1.165) is 5.56 Å². The molecular formula is C21H20Cl3F3N2O.